The van der Waals surface area contributed by atoms with Crippen LogP contribution in [0.5, 0.6) is 0 Å². The summed E-state index contributed by atoms with van der Waals surface area (Å²) in [5.41, 5.74) is 1.63. The van der Waals surface area contributed by atoms with Gasteiger partial charge >= 0.3 is 5.97 Å². The van der Waals surface area contributed by atoms with Crippen molar-refractivity contribution in [2.24, 2.45) is 13.0 Å². The van der Waals surface area contributed by atoms with Crippen molar-refractivity contribution in [3.63, 3.8) is 0 Å². The normalized spacial score (nSPS) is 14.4. The van der Waals surface area contributed by atoms with E-state index in [9.17, 15) is 4.79 Å². The lowest BCUT2D eigenvalue weighted by atomic mass is 10.2. The number of aromatic nitrogens is 2. The quantitative estimate of drug-likeness (QED) is 0.633. The molecule has 0 atom stereocenters. The fraction of sp³-hybridized carbons (Fsp3) is 0.467. The Morgan fingerprint density at radius 3 is 2.90 bits per heavy atom. The monoisotopic (exact) mass is 273 g/mol. The lowest BCUT2D eigenvalue weighted by molar-refractivity contribution is -0.131. The predicted molar refractivity (Wildman–Crippen MR) is 78.4 cm³/mol. The van der Waals surface area contributed by atoms with E-state index in [4.69, 9.17) is 11.5 Å². The highest BCUT2D eigenvalue weighted by atomic mass is 16.4. The fourth-order valence-corrected chi connectivity index (χ4v) is 2.34. The van der Waals surface area contributed by atoms with E-state index >= 15 is 0 Å². The molecule has 20 heavy (non-hydrogen) atoms. The molecule has 1 saturated carbocycles. The molecule has 0 spiro atoms. The standard InChI is InChI=1S/C15H19N3O2/c1-4-9-18(10-12-5-6-12)15-13(7-8-14(19)20)11(2)16-17(15)3/h1,7-8,12H,5-6,9-10H2,2-3H3,(H,19,20)/b8-7+. The number of rotatable bonds is 6. The molecular formula is C15H19N3O2. The van der Waals surface area contributed by atoms with Crippen LogP contribution in [0.3, 0.4) is 0 Å². The van der Waals surface area contributed by atoms with Crippen molar-refractivity contribution < 1.29 is 9.90 Å². The van der Waals surface area contributed by atoms with Gasteiger partial charge < -0.3 is 10.0 Å². The molecule has 1 aromatic rings. The summed E-state index contributed by atoms with van der Waals surface area (Å²) < 4.78 is 1.77. The Labute approximate surface area is 118 Å². The number of carboxylic acid groups (broad SMARTS) is 1. The lowest BCUT2D eigenvalue weighted by Gasteiger charge is -2.23. The maximum atomic E-state index is 10.7. The third-order valence-corrected chi connectivity index (χ3v) is 3.39. The van der Waals surface area contributed by atoms with Crippen molar-refractivity contribution >= 4 is 17.9 Å². The van der Waals surface area contributed by atoms with E-state index in [1.807, 2.05) is 14.0 Å². The van der Waals surface area contributed by atoms with Crippen molar-refractivity contribution in [3.05, 3.63) is 17.3 Å². The Hall–Kier alpha value is -2.22. The highest BCUT2D eigenvalue weighted by molar-refractivity contribution is 5.87. The number of anilines is 1. The zero-order chi connectivity index (χ0) is 14.7. The van der Waals surface area contributed by atoms with Gasteiger partial charge in [-0.2, -0.15) is 5.10 Å². The van der Waals surface area contributed by atoms with Gasteiger partial charge in [0.05, 0.1) is 12.2 Å². The topological polar surface area (TPSA) is 58.4 Å². The number of aryl methyl sites for hydroxylation is 2. The molecule has 0 bridgehead atoms. The van der Waals surface area contributed by atoms with E-state index in [1.54, 1.807) is 10.8 Å². The van der Waals surface area contributed by atoms with Gasteiger partial charge in [-0.25, -0.2) is 4.79 Å². The van der Waals surface area contributed by atoms with Crippen molar-refractivity contribution in [1.29, 1.82) is 0 Å². The Morgan fingerprint density at radius 2 is 2.35 bits per heavy atom. The van der Waals surface area contributed by atoms with Crippen molar-refractivity contribution in [1.82, 2.24) is 9.78 Å². The molecule has 0 saturated heterocycles. The van der Waals surface area contributed by atoms with Gasteiger partial charge in [-0.15, -0.1) is 6.42 Å². The number of hydrogen-bond acceptors (Lipinski definition) is 3. The van der Waals surface area contributed by atoms with E-state index in [0.717, 1.165) is 29.7 Å². The van der Waals surface area contributed by atoms with Gasteiger partial charge in [-0.05, 0) is 31.8 Å². The lowest BCUT2D eigenvalue weighted by Crippen LogP contribution is -2.28. The van der Waals surface area contributed by atoms with Crippen molar-refractivity contribution in [3.8, 4) is 12.3 Å². The largest absolute Gasteiger partial charge is 0.478 e. The first-order valence-corrected chi connectivity index (χ1v) is 6.66. The second-order valence-electron chi connectivity index (χ2n) is 5.15. The molecule has 106 valence electrons. The minimum atomic E-state index is -0.968. The highest BCUT2D eigenvalue weighted by Crippen LogP contribution is 2.33. The van der Waals surface area contributed by atoms with Crippen LogP contribution in [0, 0.1) is 25.2 Å². The van der Waals surface area contributed by atoms with Crippen LogP contribution in [0.25, 0.3) is 6.08 Å². The second-order valence-corrected chi connectivity index (χ2v) is 5.15. The predicted octanol–water partition coefficient (Wildman–Crippen LogP) is 1.68. The zero-order valence-corrected chi connectivity index (χ0v) is 11.8. The summed E-state index contributed by atoms with van der Waals surface area (Å²) in [6, 6.07) is 0. The van der Waals surface area contributed by atoms with Gasteiger partial charge in [-0.3, -0.25) is 4.68 Å². The number of aliphatic carboxylic acids is 1. The summed E-state index contributed by atoms with van der Waals surface area (Å²) in [5, 5.41) is 13.2. The number of nitrogens with zero attached hydrogens (tertiary/aromatic N) is 3. The van der Waals surface area contributed by atoms with Crippen molar-refractivity contribution in [2.45, 2.75) is 19.8 Å². The minimum Gasteiger partial charge on any atom is -0.478 e. The molecule has 1 fully saturated rings. The maximum Gasteiger partial charge on any atom is 0.328 e. The fourth-order valence-electron chi connectivity index (χ4n) is 2.34. The van der Waals surface area contributed by atoms with Crippen LogP contribution in [-0.4, -0.2) is 33.9 Å². The van der Waals surface area contributed by atoms with Gasteiger partial charge in [-0.1, -0.05) is 5.92 Å². The summed E-state index contributed by atoms with van der Waals surface area (Å²) in [5.74, 6) is 3.29. The molecule has 5 nitrogen and oxygen atoms in total. The third kappa shape index (κ3) is 3.21. The molecule has 5 heteroatoms. The van der Waals surface area contributed by atoms with E-state index in [2.05, 4.69) is 15.9 Å². The first-order valence-electron chi connectivity index (χ1n) is 6.66. The molecule has 1 aliphatic carbocycles. The molecule has 1 heterocycles. The average Bonchev–Trinajstić information content (AvgIpc) is 3.12. The minimum absolute atomic E-state index is 0.503. The summed E-state index contributed by atoms with van der Waals surface area (Å²) in [6.45, 7) is 3.27. The van der Waals surface area contributed by atoms with Gasteiger partial charge in [0, 0.05) is 25.2 Å². The molecule has 1 aromatic heterocycles. The van der Waals surface area contributed by atoms with Crippen LogP contribution in [-0.2, 0) is 11.8 Å². The van der Waals surface area contributed by atoms with E-state index in [-0.39, 0.29) is 0 Å². The molecule has 2 rings (SSSR count). The number of hydrogen-bond donors (Lipinski definition) is 1. The third-order valence-electron chi connectivity index (χ3n) is 3.39. The van der Waals surface area contributed by atoms with Crippen molar-refractivity contribution in [2.75, 3.05) is 18.0 Å². The van der Waals surface area contributed by atoms with Crippen LogP contribution in [0.15, 0.2) is 6.08 Å². The van der Waals surface area contributed by atoms with Crippen LogP contribution < -0.4 is 4.90 Å². The Bertz CT molecular complexity index is 577. The number of terminal acetylenes is 1. The Balaban J connectivity index is 2.36. The molecule has 0 amide bonds. The summed E-state index contributed by atoms with van der Waals surface area (Å²) in [6.07, 6.45) is 10.7. The Morgan fingerprint density at radius 1 is 1.65 bits per heavy atom. The average molecular weight is 273 g/mol. The first-order chi connectivity index (χ1) is 9.52. The number of carbonyl (C=O) groups is 1. The van der Waals surface area contributed by atoms with Crippen LogP contribution in [0.4, 0.5) is 5.82 Å². The maximum absolute atomic E-state index is 10.7. The number of carboxylic acids is 1. The molecule has 1 N–H and O–H groups in total. The molecule has 1 aliphatic rings. The van der Waals surface area contributed by atoms with E-state index < -0.39 is 5.97 Å². The van der Waals surface area contributed by atoms with Crippen LogP contribution >= 0.6 is 0 Å². The van der Waals surface area contributed by atoms with Gasteiger partial charge in [0.2, 0.25) is 0 Å². The smallest absolute Gasteiger partial charge is 0.328 e. The van der Waals surface area contributed by atoms with E-state index in [1.165, 1.54) is 12.8 Å². The Kier molecular flexibility index (Phi) is 4.14. The summed E-state index contributed by atoms with van der Waals surface area (Å²) >= 11 is 0. The SMILES string of the molecule is C#CCN(CC1CC1)c1c(/C=C/C(=O)O)c(C)nn1C. The zero-order valence-electron chi connectivity index (χ0n) is 11.8. The van der Waals surface area contributed by atoms with Gasteiger partial charge in [0.15, 0.2) is 0 Å². The van der Waals surface area contributed by atoms with Gasteiger partial charge in [0.25, 0.3) is 0 Å². The molecular weight excluding hydrogens is 254 g/mol. The van der Waals surface area contributed by atoms with E-state index in [0.29, 0.717) is 12.5 Å². The second kappa shape index (κ2) is 5.83. The summed E-state index contributed by atoms with van der Waals surface area (Å²) in [7, 11) is 1.86. The van der Waals surface area contributed by atoms with Gasteiger partial charge in [0.1, 0.15) is 5.82 Å². The molecule has 0 aromatic carbocycles. The molecule has 0 unspecified atom stereocenters. The van der Waals surface area contributed by atoms with Crippen LogP contribution in [0.1, 0.15) is 24.1 Å². The highest BCUT2D eigenvalue weighted by Gasteiger charge is 2.27. The summed E-state index contributed by atoms with van der Waals surface area (Å²) in [4.78, 5) is 12.8. The first kappa shape index (κ1) is 14.2. The molecule has 0 radical (unpaired) electrons. The molecule has 0 aliphatic heterocycles. The van der Waals surface area contributed by atoms with Crippen LogP contribution in [0.2, 0.25) is 0 Å².